The summed E-state index contributed by atoms with van der Waals surface area (Å²) >= 11 is 3.27. The van der Waals surface area contributed by atoms with Gasteiger partial charge in [0.2, 0.25) is 5.91 Å². The number of halogens is 2. The molecule has 0 radical (unpaired) electrons. The fourth-order valence-corrected chi connectivity index (χ4v) is 1.65. The Kier molecular flexibility index (Phi) is 4.43. The standard InChI is InChI=1S/C12H13BrFN5O/c1-7(2)11(13)12(20)16-10-5-8(3-4-9(10)14)19-6-15-17-18-19/h3-7,11H,1-2H3,(H,16,20). The molecule has 1 heterocycles. The molecule has 0 aliphatic heterocycles. The van der Waals surface area contributed by atoms with Gasteiger partial charge in [0, 0.05) is 0 Å². The van der Waals surface area contributed by atoms with Crippen molar-refractivity contribution in [2.75, 3.05) is 5.32 Å². The van der Waals surface area contributed by atoms with Crippen LogP contribution in [0.3, 0.4) is 0 Å². The van der Waals surface area contributed by atoms with Crippen LogP contribution in [0.4, 0.5) is 10.1 Å². The highest BCUT2D eigenvalue weighted by Gasteiger charge is 2.20. The number of aromatic nitrogens is 4. The average Bonchev–Trinajstić information content (AvgIpc) is 2.94. The van der Waals surface area contributed by atoms with Gasteiger partial charge >= 0.3 is 0 Å². The molecule has 0 saturated carbocycles. The third kappa shape index (κ3) is 3.19. The number of carbonyl (C=O) groups is 1. The highest BCUT2D eigenvalue weighted by atomic mass is 79.9. The predicted octanol–water partition coefficient (Wildman–Crippen LogP) is 2.16. The van der Waals surface area contributed by atoms with Crippen LogP contribution in [-0.2, 0) is 4.79 Å². The van der Waals surface area contributed by atoms with Crippen molar-refractivity contribution < 1.29 is 9.18 Å². The van der Waals surface area contributed by atoms with Gasteiger partial charge in [-0.05, 0) is 34.5 Å². The van der Waals surface area contributed by atoms with Crippen molar-refractivity contribution in [2.24, 2.45) is 5.92 Å². The van der Waals surface area contributed by atoms with Crippen molar-refractivity contribution in [2.45, 2.75) is 18.7 Å². The molecule has 1 amide bonds. The van der Waals surface area contributed by atoms with Crippen LogP contribution in [0.2, 0.25) is 0 Å². The maximum absolute atomic E-state index is 13.7. The Balaban J connectivity index is 2.24. The first-order chi connectivity index (χ1) is 9.49. The number of nitrogens with zero attached hydrogens (tertiary/aromatic N) is 4. The van der Waals surface area contributed by atoms with Crippen LogP contribution in [0, 0.1) is 11.7 Å². The zero-order valence-corrected chi connectivity index (χ0v) is 12.5. The summed E-state index contributed by atoms with van der Waals surface area (Å²) < 4.78 is 15.1. The number of rotatable bonds is 4. The maximum Gasteiger partial charge on any atom is 0.238 e. The first-order valence-corrected chi connectivity index (χ1v) is 6.88. The van der Waals surface area contributed by atoms with E-state index in [9.17, 15) is 9.18 Å². The maximum atomic E-state index is 13.7. The molecule has 106 valence electrons. The quantitative estimate of drug-likeness (QED) is 0.865. The fraction of sp³-hybridized carbons (Fsp3) is 0.333. The summed E-state index contributed by atoms with van der Waals surface area (Å²) in [6.07, 6.45) is 1.39. The van der Waals surface area contributed by atoms with Gasteiger partial charge in [-0.1, -0.05) is 29.8 Å². The zero-order valence-electron chi connectivity index (χ0n) is 10.9. The van der Waals surface area contributed by atoms with Gasteiger partial charge in [0.05, 0.1) is 16.2 Å². The molecule has 0 saturated heterocycles. The number of benzene rings is 1. The average molecular weight is 342 g/mol. The summed E-state index contributed by atoms with van der Waals surface area (Å²) in [7, 11) is 0. The molecule has 2 rings (SSSR count). The molecule has 20 heavy (non-hydrogen) atoms. The first kappa shape index (κ1) is 14.6. The summed E-state index contributed by atoms with van der Waals surface area (Å²) in [5.41, 5.74) is 0.649. The Bertz CT molecular complexity index is 602. The Morgan fingerprint density at radius 2 is 2.20 bits per heavy atom. The zero-order chi connectivity index (χ0) is 14.7. The molecule has 0 fully saturated rings. The lowest BCUT2D eigenvalue weighted by atomic mass is 10.1. The minimum Gasteiger partial charge on any atom is -0.323 e. The van der Waals surface area contributed by atoms with Gasteiger partial charge < -0.3 is 5.32 Å². The molecule has 0 bridgehead atoms. The third-order valence-electron chi connectivity index (χ3n) is 2.66. The number of nitrogens with one attached hydrogen (secondary N) is 1. The van der Waals surface area contributed by atoms with Crippen LogP contribution in [0.15, 0.2) is 24.5 Å². The van der Waals surface area contributed by atoms with E-state index >= 15 is 0 Å². The lowest BCUT2D eigenvalue weighted by Gasteiger charge is -2.14. The van der Waals surface area contributed by atoms with Crippen LogP contribution in [-0.4, -0.2) is 30.9 Å². The van der Waals surface area contributed by atoms with E-state index < -0.39 is 10.6 Å². The normalized spacial score (nSPS) is 12.4. The molecular formula is C12H13BrFN5O. The Morgan fingerprint density at radius 1 is 1.45 bits per heavy atom. The van der Waals surface area contributed by atoms with Crippen LogP contribution in [0.25, 0.3) is 5.69 Å². The lowest BCUT2D eigenvalue weighted by Crippen LogP contribution is -2.27. The van der Waals surface area contributed by atoms with E-state index in [0.29, 0.717) is 5.69 Å². The minimum absolute atomic E-state index is 0.0908. The summed E-state index contributed by atoms with van der Waals surface area (Å²) in [5.74, 6) is -0.716. The number of alkyl halides is 1. The summed E-state index contributed by atoms with van der Waals surface area (Å²) in [6, 6.07) is 4.25. The largest absolute Gasteiger partial charge is 0.323 e. The second-order valence-electron chi connectivity index (χ2n) is 4.55. The minimum atomic E-state index is -0.515. The Hall–Kier alpha value is -1.83. The van der Waals surface area contributed by atoms with E-state index in [1.807, 2.05) is 13.8 Å². The van der Waals surface area contributed by atoms with E-state index in [4.69, 9.17) is 0 Å². The molecule has 1 aromatic carbocycles. The molecule has 1 aromatic heterocycles. The SMILES string of the molecule is CC(C)C(Br)C(=O)Nc1cc(-n2cnnn2)ccc1F. The molecule has 0 spiro atoms. The van der Waals surface area contributed by atoms with Gasteiger partial charge in [-0.3, -0.25) is 4.79 Å². The third-order valence-corrected chi connectivity index (χ3v) is 4.13. The van der Waals surface area contributed by atoms with Crippen molar-refractivity contribution in [3.05, 3.63) is 30.3 Å². The highest BCUT2D eigenvalue weighted by Crippen LogP contribution is 2.20. The summed E-state index contributed by atoms with van der Waals surface area (Å²) in [5, 5.41) is 13.3. The van der Waals surface area contributed by atoms with Gasteiger partial charge in [-0.15, -0.1) is 5.10 Å². The van der Waals surface area contributed by atoms with Crippen molar-refractivity contribution in [3.8, 4) is 5.69 Å². The Labute approximate surface area is 123 Å². The fourth-order valence-electron chi connectivity index (χ4n) is 1.54. The number of carbonyl (C=O) groups excluding carboxylic acids is 1. The van der Waals surface area contributed by atoms with Crippen LogP contribution in [0.5, 0.6) is 0 Å². The number of hydrogen-bond donors (Lipinski definition) is 1. The molecule has 0 aliphatic carbocycles. The van der Waals surface area contributed by atoms with Crippen molar-refractivity contribution >= 4 is 27.5 Å². The monoisotopic (exact) mass is 341 g/mol. The lowest BCUT2D eigenvalue weighted by molar-refractivity contribution is -0.116. The van der Waals surface area contributed by atoms with E-state index in [1.54, 1.807) is 0 Å². The van der Waals surface area contributed by atoms with Crippen molar-refractivity contribution in [3.63, 3.8) is 0 Å². The van der Waals surface area contributed by atoms with Gasteiger partial charge in [0.25, 0.3) is 0 Å². The van der Waals surface area contributed by atoms with E-state index in [1.165, 1.54) is 29.2 Å². The predicted molar refractivity (Wildman–Crippen MR) is 75.3 cm³/mol. The van der Waals surface area contributed by atoms with Crippen LogP contribution < -0.4 is 5.32 Å². The van der Waals surface area contributed by atoms with Crippen LogP contribution in [0.1, 0.15) is 13.8 Å². The van der Waals surface area contributed by atoms with Gasteiger partial charge in [0.1, 0.15) is 12.1 Å². The topological polar surface area (TPSA) is 72.7 Å². The highest BCUT2D eigenvalue weighted by molar-refractivity contribution is 9.10. The number of hydrogen-bond acceptors (Lipinski definition) is 4. The molecule has 1 N–H and O–H groups in total. The number of tetrazole rings is 1. The van der Waals surface area contributed by atoms with E-state index in [-0.39, 0.29) is 17.5 Å². The summed E-state index contributed by atoms with van der Waals surface area (Å²) in [4.78, 5) is 11.5. The van der Waals surface area contributed by atoms with Crippen molar-refractivity contribution in [1.29, 1.82) is 0 Å². The molecule has 8 heteroatoms. The molecule has 6 nitrogen and oxygen atoms in total. The first-order valence-electron chi connectivity index (χ1n) is 5.97. The second kappa shape index (κ2) is 6.08. The van der Waals surface area contributed by atoms with Crippen LogP contribution >= 0.6 is 15.9 Å². The Morgan fingerprint density at radius 3 is 2.80 bits per heavy atom. The summed E-state index contributed by atoms with van der Waals surface area (Å²) in [6.45, 7) is 3.79. The molecule has 2 aromatic rings. The molecule has 1 atom stereocenters. The number of amides is 1. The second-order valence-corrected chi connectivity index (χ2v) is 5.54. The smallest absolute Gasteiger partial charge is 0.238 e. The van der Waals surface area contributed by atoms with Gasteiger partial charge in [-0.2, -0.15) is 0 Å². The van der Waals surface area contributed by atoms with E-state index in [0.717, 1.165) is 0 Å². The van der Waals surface area contributed by atoms with Gasteiger partial charge in [0.15, 0.2) is 0 Å². The molecule has 0 aliphatic rings. The van der Waals surface area contributed by atoms with Gasteiger partial charge in [-0.25, -0.2) is 9.07 Å². The number of anilines is 1. The molecule has 1 unspecified atom stereocenters. The van der Waals surface area contributed by atoms with E-state index in [2.05, 4.69) is 36.8 Å². The molecular weight excluding hydrogens is 329 g/mol. The van der Waals surface area contributed by atoms with Crippen molar-refractivity contribution in [1.82, 2.24) is 20.2 Å².